The molecule has 0 N–H and O–H groups in total. The fourth-order valence-corrected chi connectivity index (χ4v) is 3.97. The first-order valence-electron chi connectivity index (χ1n) is 10.0. The molecular formula is C27H29Cl2OZr. The van der Waals surface area contributed by atoms with Gasteiger partial charge < -0.3 is 29.2 Å². The van der Waals surface area contributed by atoms with Crippen LogP contribution < -0.4 is 24.8 Å². The molecule has 0 aliphatic heterocycles. The Balaban J connectivity index is 0.00000160. The summed E-state index contributed by atoms with van der Waals surface area (Å²) in [4.78, 5) is 0. The van der Waals surface area contributed by atoms with Crippen molar-refractivity contribution in [2.45, 2.75) is 53.9 Å². The quantitative estimate of drug-likeness (QED) is 0.361. The van der Waals surface area contributed by atoms with E-state index in [-0.39, 0.29) is 56.4 Å². The van der Waals surface area contributed by atoms with E-state index in [1.165, 1.54) is 44.2 Å². The van der Waals surface area contributed by atoms with E-state index < -0.39 is 0 Å². The molecule has 0 fully saturated rings. The van der Waals surface area contributed by atoms with Crippen LogP contribution in [-0.2, 0) is 31.6 Å². The van der Waals surface area contributed by atoms with Crippen LogP contribution in [0.5, 0.6) is 0 Å². The second-order valence-corrected chi connectivity index (χ2v) is 9.12. The van der Waals surface area contributed by atoms with E-state index in [1.54, 1.807) is 0 Å². The van der Waals surface area contributed by atoms with E-state index >= 15 is 0 Å². The number of hydrogen-bond donors (Lipinski definition) is 0. The van der Waals surface area contributed by atoms with Crippen molar-refractivity contribution in [1.82, 2.24) is 0 Å². The Morgan fingerprint density at radius 3 is 1.94 bits per heavy atom. The number of halogens is 2. The number of rotatable bonds is 2. The van der Waals surface area contributed by atoms with E-state index in [2.05, 4.69) is 90.1 Å². The third-order valence-electron chi connectivity index (χ3n) is 6.02. The van der Waals surface area contributed by atoms with Crippen LogP contribution in [0.15, 0.2) is 52.9 Å². The third-order valence-corrected chi connectivity index (χ3v) is 6.02. The summed E-state index contributed by atoms with van der Waals surface area (Å²) in [5.74, 6) is 1.95. The molecule has 0 aliphatic carbocycles. The first-order chi connectivity index (χ1) is 13.1. The predicted molar refractivity (Wildman–Crippen MR) is 120 cm³/mol. The Hall–Kier alpha value is -1.21. The minimum Gasteiger partial charge on any atom is -1.00 e. The van der Waals surface area contributed by atoms with E-state index in [0.717, 1.165) is 17.1 Å². The van der Waals surface area contributed by atoms with Crippen LogP contribution in [0.2, 0.25) is 0 Å². The van der Waals surface area contributed by atoms with Crippen molar-refractivity contribution in [3.63, 3.8) is 0 Å². The number of fused-ring (bicyclic) bond motifs is 1. The second-order valence-electron chi connectivity index (χ2n) is 9.12. The van der Waals surface area contributed by atoms with Crippen molar-refractivity contribution in [1.29, 1.82) is 0 Å². The summed E-state index contributed by atoms with van der Waals surface area (Å²) in [5.41, 5.74) is 9.17. The van der Waals surface area contributed by atoms with Crippen LogP contribution in [0, 0.1) is 27.7 Å². The zero-order chi connectivity index (χ0) is 20.2. The fraction of sp³-hybridized carbons (Fsp3) is 0.296. The number of aryl methyl sites for hydroxylation is 3. The monoisotopic (exact) mass is 529 g/mol. The Kier molecular flexibility index (Phi) is 9.12. The van der Waals surface area contributed by atoms with Crippen molar-refractivity contribution in [3.05, 3.63) is 76.5 Å². The Morgan fingerprint density at radius 1 is 0.806 bits per heavy atom. The third kappa shape index (κ3) is 5.24. The first kappa shape index (κ1) is 27.8. The van der Waals surface area contributed by atoms with Crippen LogP contribution in [0.4, 0.5) is 0 Å². The minimum atomic E-state index is 0. The number of benzene rings is 2. The molecule has 4 rings (SSSR count). The van der Waals surface area contributed by atoms with Gasteiger partial charge in [-0.1, -0.05) is 61.7 Å². The smallest absolute Gasteiger partial charge is 1.00 e. The molecule has 0 spiro atoms. The second kappa shape index (κ2) is 10.2. The van der Waals surface area contributed by atoms with Gasteiger partial charge >= 0.3 is 26.2 Å². The predicted octanol–water partition coefficient (Wildman–Crippen LogP) is 2.02. The van der Waals surface area contributed by atoms with Gasteiger partial charge in [0.25, 0.3) is 0 Å². The van der Waals surface area contributed by atoms with Crippen LogP contribution in [0.25, 0.3) is 33.2 Å². The van der Waals surface area contributed by atoms with Crippen LogP contribution in [-0.4, -0.2) is 0 Å². The van der Waals surface area contributed by atoms with Gasteiger partial charge in [0.05, 0.1) is 11.5 Å². The molecule has 1 nitrogen and oxygen atoms in total. The van der Waals surface area contributed by atoms with Gasteiger partial charge in [-0.25, -0.2) is 0 Å². The summed E-state index contributed by atoms with van der Waals surface area (Å²) >= 11 is 0. The van der Waals surface area contributed by atoms with Gasteiger partial charge in [0, 0.05) is 0 Å². The van der Waals surface area contributed by atoms with Gasteiger partial charge in [-0.3, -0.25) is 0 Å². The molecule has 3 aromatic carbocycles. The molecule has 1 aromatic heterocycles. The number of hydrogen-bond acceptors (Lipinski definition) is 1. The first-order valence-corrected chi connectivity index (χ1v) is 10.0. The summed E-state index contributed by atoms with van der Waals surface area (Å²) in [6.07, 6.45) is 0. The summed E-state index contributed by atoms with van der Waals surface area (Å²) in [7, 11) is 0. The topological polar surface area (TPSA) is 13.1 Å². The molecule has 1 heterocycles. The van der Waals surface area contributed by atoms with E-state index in [4.69, 9.17) is 4.42 Å². The van der Waals surface area contributed by atoms with Gasteiger partial charge in [0.1, 0.15) is 0 Å². The molecule has 0 bridgehead atoms. The van der Waals surface area contributed by atoms with E-state index in [0.29, 0.717) is 0 Å². The molecule has 0 amide bonds. The van der Waals surface area contributed by atoms with Gasteiger partial charge in [-0.15, -0.1) is 29.0 Å². The molecule has 1 radical (unpaired) electrons. The number of furan rings is 1. The van der Waals surface area contributed by atoms with Crippen LogP contribution in [0.1, 0.15) is 48.8 Å². The molecule has 0 unspecified atom stereocenters. The fourth-order valence-electron chi connectivity index (χ4n) is 3.97. The molecule has 0 atom stereocenters. The van der Waals surface area contributed by atoms with Crippen molar-refractivity contribution >= 4 is 10.8 Å². The standard InChI is InChI=1S/C27H29O.2ClH.Zr/c1-16-12-21-14-22(25-13-17(2)19(4)28-25)15-24(21)26(18(16)3)20-8-10-23(11-9-20)27(5,6)7;;;/h8-15H,1-7H3;2*1H;/q-1;;;+3/p-2. The molecule has 0 saturated carbocycles. The van der Waals surface area contributed by atoms with Gasteiger partial charge in [-0.05, 0) is 61.4 Å². The van der Waals surface area contributed by atoms with Crippen molar-refractivity contribution in [2.24, 2.45) is 0 Å². The molecule has 0 aliphatic rings. The maximum atomic E-state index is 5.99. The molecule has 161 valence electrons. The Morgan fingerprint density at radius 2 is 1.42 bits per heavy atom. The van der Waals surface area contributed by atoms with Crippen molar-refractivity contribution in [3.8, 4) is 22.5 Å². The maximum Gasteiger partial charge on any atom is 3.00 e. The van der Waals surface area contributed by atoms with E-state index in [9.17, 15) is 0 Å². The van der Waals surface area contributed by atoms with Crippen LogP contribution in [0.3, 0.4) is 0 Å². The molecule has 0 saturated heterocycles. The van der Waals surface area contributed by atoms with Gasteiger partial charge in [0.15, 0.2) is 0 Å². The molecule has 4 heteroatoms. The maximum absolute atomic E-state index is 5.99. The molecule has 31 heavy (non-hydrogen) atoms. The molecular weight excluding hydrogens is 502 g/mol. The summed E-state index contributed by atoms with van der Waals surface area (Å²) in [6.45, 7) is 15.3. The zero-order valence-corrected chi connectivity index (χ0v) is 23.3. The summed E-state index contributed by atoms with van der Waals surface area (Å²) in [5, 5.41) is 2.58. The summed E-state index contributed by atoms with van der Waals surface area (Å²) < 4.78 is 5.99. The average Bonchev–Trinajstić information content (AvgIpc) is 3.19. The normalized spacial score (nSPS) is 10.9. The van der Waals surface area contributed by atoms with Crippen molar-refractivity contribution in [2.75, 3.05) is 0 Å². The van der Waals surface area contributed by atoms with Gasteiger partial charge in [-0.2, -0.15) is 0 Å². The minimum absolute atomic E-state index is 0. The van der Waals surface area contributed by atoms with Gasteiger partial charge in [0.2, 0.25) is 0 Å². The Labute approximate surface area is 217 Å². The average molecular weight is 532 g/mol. The Bertz CT molecular complexity index is 1160. The van der Waals surface area contributed by atoms with Crippen LogP contribution >= 0.6 is 0 Å². The van der Waals surface area contributed by atoms with E-state index in [1.807, 2.05) is 6.92 Å². The summed E-state index contributed by atoms with van der Waals surface area (Å²) in [6, 6.07) is 18.1. The molecule has 4 aromatic rings. The van der Waals surface area contributed by atoms with Crippen molar-refractivity contribution < 1.29 is 55.4 Å². The SMILES string of the molecule is Cc1cc(-c2cc3c(-c4ccc(C(C)(C)C)cc4)c(C)c(C)cc3[cH-]2)oc1C.[Cl-].[Cl-].[Zr+3]. The zero-order valence-electron chi connectivity index (χ0n) is 19.3. The largest absolute Gasteiger partial charge is 3.00 e.